The Morgan fingerprint density at radius 3 is 2.09 bits per heavy atom. The van der Waals surface area contributed by atoms with E-state index in [0.29, 0.717) is 0 Å². The molecule has 2 heteroatoms. The Morgan fingerprint density at radius 2 is 1.30 bits per heavy atom. The van der Waals surface area contributed by atoms with Gasteiger partial charge in [0, 0.05) is 6.42 Å². The van der Waals surface area contributed by atoms with Crippen molar-refractivity contribution in [1.82, 2.24) is 9.97 Å². The third-order valence-corrected chi connectivity index (χ3v) is 4.41. The lowest BCUT2D eigenvalue weighted by Gasteiger charge is -2.02. The van der Waals surface area contributed by atoms with Gasteiger partial charge in [0.15, 0.2) is 0 Å². The largest absolute Gasteiger partial charge is 0.342 e. The van der Waals surface area contributed by atoms with Crippen LogP contribution in [0.3, 0.4) is 0 Å². The normalized spacial score (nSPS) is 11.1. The Bertz CT molecular complexity index is 667. The van der Waals surface area contributed by atoms with Gasteiger partial charge in [-0.1, -0.05) is 68.1 Å². The van der Waals surface area contributed by atoms with E-state index in [1.165, 1.54) is 50.5 Å². The van der Waals surface area contributed by atoms with Gasteiger partial charge >= 0.3 is 0 Å². The van der Waals surface area contributed by atoms with Crippen molar-refractivity contribution in [3.63, 3.8) is 0 Å². The van der Waals surface area contributed by atoms with Crippen LogP contribution in [0.4, 0.5) is 0 Å². The zero-order valence-electron chi connectivity index (χ0n) is 13.8. The lowest BCUT2D eigenvalue weighted by Crippen LogP contribution is -1.89. The van der Waals surface area contributed by atoms with E-state index in [-0.39, 0.29) is 0 Å². The molecular formula is C21H26N2. The van der Waals surface area contributed by atoms with E-state index >= 15 is 0 Å². The second-order valence-electron chi connectivity index (χ2n) is 6.31. The van der Waals surface area contributed by atoms with Crippen molar-refractivity contribution in [2.24, 2.45) is 0 Å². The monoisotopic (exact) mass is 306 g/mol. The summed E-state index contributed by atoms with van der Waals surface area (Å²) in [5, 5.41) is 0. The van der Waals surface area contributed by atoms with Crippen LogP contribution in [-0.4, -0.2) is 9.97 Å². The number of imidazole rings is 1. The number of aromatic nitrogens is 2. The molecule has 2 nitrogen and oxygen atoms in total. The predicted octanol–water partition coefficient (Wildman–Crippen LogP) is 5.69. The summed E-state index contributed by atoms with van der Waals surface area (Å²) in [6, 6.07) is 19.1. The summed E-state index contributed by atoms with van der Waals surface area (Å²) in [5.41, 5.74) is 3.71. The molecule has 1 aromatic heterocycles. The summed E-state index contributed by atoms with van der Waals surface area (Å²) in [5.74, 6) is 1.13. The van der Waals surface area contributed by atoms with Crippen molar-refractivity contribution in [3.05, 3.63) is 66.0 Å². The first-order valence-corrected chi connectivity index (χ1v) is 8.89. The van der Waals surface area contributed by atoms with E-state index in [2.05, 4.69) is 58.5 Å². The third-order valence-electron chi connectivity index (χ3n) is 4.41. The second kappa shape index (κ2) is 8.52. The molecule has 0 spiro atoms. The van der Waals surface area contributed by atoms with E-state index in [1.54, 1.807) is 0 Å². The number of hydrogen-bond donors (Lipinski definition) is 1. The molecule has 0 aliphatic rings. The van der Waals surface area contributed by atoms with Crippen LogP contribution in [0.5, 0.6) is 0 Å². The summed E-state index contributed by atoms with van der Waals surface area (Å²) in [6.07, 6.45) is 10.2. The molecule has 0 atom stereocenters. The smallest absolute Gasteiger partial charge is 0.107 e. The van der Waals surface area contributed by atoms with Crippen LogP contribution in [0.15, 0.2) is 54.6 Å². The van der Waals surface area contributed by atoms with Crippen LogP contribution in [0.25, 0.3) is 11.0 Å². The Kier molecular flexibility index (Phi) is 5.85. The van der Waals surface area contributed by atoms with Crippen molar-refractivity contribution in [3.8, 4) is 0 Å². The summed E-state index contributed by atoms with van der Waals surface area (Å²) in [6.45, 7) is 0. The number of fused-ring (bicyclic) bond motifs is 1. The molecule has 0 fully saturated rings. The highest BCUT2D eigenvalue weighted by molar-refractivity contribution is 5.74. The zero-order chi connectivity index (χ0) is 15.7. The maximum Gasteiger partial charge on any atom is 0.107 e. The van der Waals surface area contributed by atoms with E-state index in [1.807, 2.05) is 6.07 Å². The number of nitrogens with zero attached hydrogens (tertiary/aromatic N) is 1. The number of hydrogen-bond acceptors (Lipinski definition) is 1. The molecule has 3 rings (SSSR count). The summed E-state index contributed by atoms with van der Waals surface area (Å²) >= 11 is 0. The van der Waals surface area contributed by atoms with E-state index in [9.17, 15) is 0 Å². The number of aryl methyl sites for hydroxylation is 2. The lowest BCUT2D eigenvalue weighted by molar-refractivity contribution is 0.590. The molecule has 0 radical (unpaired) electrons. The van der Waals surface area contributed by atoms with Gasteiger partial charge in [0.2, 0.25) is 0 Å². The predicted molar refractivity (Wildman–Crippen MR) is 97.6 cm³/mol. The molecule has 0 saturated heterocycles. The number of rotatable bonds is 9. The SMILES string of the molecule is c1ccc(CCCCCCCCc2nc3ccccc3[nH]2)cc1. The molecule has 1 N–H and O–H groups in total. The fourth-order valence-corrected chi connectivity index (χ4v) is 3.10. The Balaban J connectivity index is 1.26. The number of unbranched alkanes of at least 4 members (excludes halogenated alkanes) is 5. The molecule has 0 bridgehead atoms. The number of para-hydroxylation sites is 2. The van der Waals surface area contributed by atoms with Gasteiger partial charge in [-0.05, 0) is 37.0 Å². The first kappa shape index (κ1) is 15.8. The molecule has 0 unspecified atom stereocenters. The van der Waals surface area contributed by atoms with Crippen LogP contribution in [0.1, 0.15) is 49.9 Å². The van der Waals surface area contributed by atoms with Crippen LogP contribution >= 0.6 is 0 Å². The van der Waals surface area contributed by atoms with Gasteiger partial charge < -0.3 is 4.98 Å². The number of benzene rings is 2. The number of nitrogens with one attached hydrogen (secondary N) is 1. The first-order valence-electron chi connectivity index (χ1n) is 8.89. The van der Waals surface area contributed by atoms with Gasteiger partial charge in [0.05, 0.1) is 11.0 Å². The molecule has 0 amide bonds. The van der Waals surface area contributed by atoms with Gasteiger partial charge in [-0.3, -0.25) is 0 Å². The van der Waals surface area contributed by atoms with Crippen LogP contribution in [0, 0.1) is 0 Å². The number of aromatic amines is 1. The van der Waals surface area contributed by atoms with Crippen molar-refractivity contribution in [2.75, 3.05) is 0 Å². The van der Waals surface area contributed by atoms with Crippen LogP contribution in [0.2, 0.25) is 0 Å². The Labute approximate surface area is 139 Å². The number of H-pyrrole nitrogens is 1. The minimum atomic E-state index is 1.07. The maximum absolute atomic E-state index is 4.64. The molecule has 0 aliphatic carbocycles. The fourth-order valence-electron chi connectivity index (χ4n) is 3.10. The molecule has 2 aromatic carbocycles. The van der Waals surface area contributed by atoms with Gasteiger partial charge in [-0.25, -0.2) is 4.98 Å². The van der Waals surface area contributed by atoms with Gasteiger partial charge in [-0.15, -0.1) is 0 Å². The van der Waals surface area contributed by atoms with Crippen molar-refractivity contribution in [2.45, 2.75) is 51.4 Å². The van der Waals surface area contributed by atoms with E-state index in [4.69, 9.17) is 0 Å². The molecular weight excluding hydrogens is 280 g/mol. The average molecular weight is 306 g/mol. The average Bonchev–Trinajstić information content (AvgIpc) is 3.01. The lowest BCUT2D eigenvalue weighted by atomic mass is 10.0. The minimum absolute atomic E-state index is 1.07. The van der Waals surface area contributed by atoms with E-state index < -0.39 is 0 Å². The summed E-state index contributed by atoms with van der Waals surface area (Å²) in [4.78, 5) is 8.05. The Morgan fingerprint density at radius 1 is 0.652 bits per heavy atom. The maximum atomic E-state index is 4.64. The van der Waals surface area contributed by atoms with Gasteiger partial charge in [-0.2, -0.15) is 0 Å². The summed E-state index contributed by atoms with van der Waals surface area (Å²) in [7, 11) is 0. The van der Waals surface area contributed by atoms with E-state index in [0.717, 1.165) is 23.3 Å². The highest BCUT2D eigenvalue weighted by Gasteiger charge is 2.01. The molecule has 0 aliphatic heterocycles. The van der Waals surface area contributed by atoms with Crippen molar-refractivity contribution in [1.29, 1.82) is 0 Å². The topological polar surface area (TPSA) is 28.7 Å². The van der Waals surface area contributed by atoms with Crippen molar-refractivity contribution < 1.29 is 0 Å². The molecule has 120 valence electrons. The highest BCUT2D eigenvalue weighted by Crippen LogP contribution is 2.14. The molecule has 1 heterocycles. The highest BCUT2D eigenvalue weighted by atomic mass is 14.9. The quantitative estimate of drug-likeness (QED) is 0.505. The minimum Gasteiger partial charge on any atom is -0.342 e. The van der Waals surface area contributed by atoms with Crippen LogP contribution < -0.4 is 0 Å². The second-order valence-corrected chi connectivity index (χ2v) is 6.31. The zero-order valence-corrected chi connectivity index (χ0v) is 13.8. The standard InChI is InChI=1S/C21H26N2/c1(3-6-12-18-13-7-5-8-14-18)2-4-9-17-21-22-19-15-10-11-16-20(19)23-21/h5,7-8,10-11,13-16H,1-4,6,9,12,17H2,(H,22,23). The third kappa shape index (κ3) is 4.95. The molecule has 3 aromatic rings. The first-order chi connectivity index (χ1) is 11.4. The summed E-state index contributed by atoms with van der Waals surface area (Å²) < 4.78 is 0. The van der Waals surface area contributed by atoms with Gasteiger partial charge in [0.25, 0.3) is 0 Å². The molecule has 23 heavy (non-hydrogen) atoms. The molecule has 0 saturated carbocycles. The van der Waals surface area contributed by atoms with Crippen molar-refractivity contribution >= 4 is 11.0 Å². The van der Waals surface area contributed by atoms with Crippen LogP contribution in [-0.2, 0) is 12.8 Å². The Hall–Kier alpha value is -2.09. The fraction of sp³-hybridized carbons (Fsp3) is 0.381. The van der Waals surface area contributed by atoms with Gasteiger partial charge in [0.1, 0.15) is 5.82 Å².